The Morgan fingerprint density at radius 2 is 1.96 bits per heavy atom. The zero-order valence-electron chi connectivity index (χ0n) is 16.5. The van der Waals surface area contributed by atoms with Gasteiger partial charge in [-0.2, -0.15) is 0 Å². The van der Waals surface area contributed by atoms with Crippen molar-refractivity contribution >= 4 is 12.3 Å². The predicted octanol–water partition coefficient (Wildman–Crippen LogP) is 2.70. The molecular weight excluding hydrogens is 356 g/mol. The first-order chi connectivity index (χ1) is 13.3. The Balaban J connectivity index is 1.52. The van der Waals surface area contributed by atoms with E-state index in [4.69, 9.17) is 4.74 Å². The first kappa shape index (κ1) is 18.6. The predicted molar refractivity (Wildman–Crippen MR) is 102 cm³/mol. The Kier molecular flexibility index (Phi) is 3.99. The third-order valence-corrected chi connectivity index (χ3v) is 9.22. The van der Waals surface area contributed by atoms with Crippen LogP contribution in [0.4, 0.5) is 0 Å². The summed E-state index contributed by atoms with van der Waals surface area (Å²) in [5, 5.41) is 22.2. The molecule has 5 nitrogen and oxygen atoms in total. The number of esters is 1. The molecule has 152 valence electrons. The highest BCUT2D eigenvalue weighted by atomic mass is 16.5. The van der Waals surface area contributed by atoms with Crippen molar-refractivity contribution in [1.29, 1.82) is 0 Å². The van der Waals surface area contributed by atoms with Gasteiger partial charge in [-0.05, 0) is 74.7 Å². The van der Waals surface area contributed by atoms with Gasteiger partial charge in [0.1, 0.15) is 12.9 Å². The molecule has 3 saturated carbocycles. The van der Waals surface area contributed by atoms with E-state index in [9.17, 15) is 19.8 Å². The lowest BCUT2D eigenvalue weighted by Crippen LogP contribution is -2.61. The molecule has 0 saturated heterocycles. The number of hydrogen-bond acceptors (Lipinski definition) is 5. The lowest BCUT2D eigenvalue weighted by atomic mass is 9.45. The molecule has 0 aromatic rings. The van der Waals surface area contributed by atoms with Crippen molar-refractivity contribution in [2.75, 3.05) is 6.61 Å². The molecule has 5 rings (SSSR count). The molecule has 0 radical (unpaired) electrons. The summed E-state index contributed by atoms with van der Waals surface area (Å²) >= 11 is 0. The fourth-order valence-electron chi connectivity index (χ4n) is 7.79. The molecule has 5 aliphatic rings. The summed E-state index contributed by atoms with van der Waals surface area (Å²) in [6.07, 6.45) is 10.5. The Labute approximate surface area is 165 Å². The second-order valence-corrected chi connectivity index (χ2v) is 10.0. The van der Waals surface area contributed by atoms with Gasteiger partial charge in [0.15, 0.2) is 0 Å². The monoisotopic (exact) mass is 386 g/mol. The zero-order valence-corrected chi connectivity index (χ0v) is 16.5. The van der Waals surface area contributed by atoms with Gasteiger partial charge in [0.05, 0.1) is 17.1 Å². The highest BCUT2D eigenvalue weighted by Gasteiger charge is 2.67. The van der Waals surface area contributed by atoms with Crippen LogP contribution in [-0.4, -0.2) is 40.8 Å². The van der Waals surface area contributed by atoms with Crippen LogP contribution in [0.15, 0.2) is 23.3 Å². The number of rotatable bonds is 2. The first-order valence-corrected chi connectivity index (χ1v) is 10.8. The standard InChI is InChI=1S/C23H30O5/c1-21-7-5-18-19(3-2-15-11-16(25)4-8-22(15,18)13-24)23(21,27)9-6-17(21)14-10-20(26)28-12-14/h10-11,13,16-19,25,27H,2-9,12H2,1H3/t16-,17+,18+,19-,21+,22+,23-/m0/s1. The minimum Gasteiger partial charge on any atom is -0.458 e. The number of aliphatic hydroxyl groups is 2. The molecule has 0 aromatic heterocycles. The molecule has 28 heavy (non-hydrogen) atoms. The largest absolute Gasteiger partial charge is 0.458 e. The summed E-state index contributed by atoms with van der Waals surface area (Å²) in [4.78, 5) is 24.0. The zero-order chi connectivity index (χ0) is 19.7. The number of carbonyl (C=O) groups is 2. The van der Waals surface area contributed by atoms with Crippen LogP contribution >= 0.6 is 0 Å². The molecule has 7 atom stereocenters. The van der Waals surface area contributed by atoms with E-state index in [2.05, 4.69) is 6.92 Å². The molecule has 1 aliphatic heterocycles. The van der Waals surface area contributed by atoms with Crippen LogP contribution in [0.1, 0.15) is 58.3 Å². The highest BCUT2D eigenvalue weighted by molar-refractivity contribution is 5.85. The molecule has 3 fully saturated rings. The lowest BCUT2D eigenvalue weighted by Gasteiger charge is -2.61. The molecule has 1 heterocycles. The maximum atomic E-state index is 12.4. The summed E-state index contributed by atoms with van der Waals surface area (Å²) in [7, 11) is 0. The number of fused-ring (bicyclic) bond motifs is 5. The van der Waals surface area contributed by atoms with Crippen molar-refractivity contribution in [3.8, 4) is 0 Å². The molecule has 4 aliphatic carbocycles. The van der Waals surface area contributed by atoms with E-state index in [0.29, 0.717) is 19.4 Å². The molecular formula is C23H30O5. The third kappa shape index (κ3) is 2.20. The van der Waals surface area contributed by atoms with Crippen LogP contribution < -0.4 is 0 Å². The Morgan fingerprint density at radius 1 is 1.14 bits per heavy atom. The van der Waals surface area contributed by atoms with Gasteiger partial charge in [-0.3, -0.25) is 0 Å². The number of carbonyl (C=O) groups excluding carboxylic acids is 2. The molecule has 0 unspecified atom stereocenters. The first-order valence-electron chi connectivity index (χ1n) is 10.8. The van der Waals surface area contributed by atoms with Gasteiger partial charge >= 0.3 is 5.97 Å². The van der Waals surface area contributed by atoms with Crippen molar-refractivity contribution in [3.63, 3.8) is 0 Å². The van der Waals surface area contributed by atoms with Crippen LogP contribution in [0, 0.1) is 28.6 Å². The summed E-state index contributed by atoms with van der Waals surface area (Å²) < 4.78 is 5.17. The number of cyclic esters (lactones) is 1. The molecule has 0 spiro atoms. The Bertz CT molecular complexity index is 784. The van der Waals surface area contributed by atoms with Gasteiger partial charge in [-0.25, -0.2) is 4.79 Å². The van der Waals surface area contributed by atoms with Crippen molar-refractivity contribution in [2.24, 2.45) is 28.6 Å². The van der Waals surface area contributed by atoms with E-state index in [-0.39, 0.29) is 29.1 Å². The van der Waals surface area contributed by atoms with Crippen LogP contribution in [0.3, 0.4) is 0 Å². The average molecular weight is 386 g/mol. The van der Waals surface area contributed by atoms with Crippen LogP contribution in [0.2, 0.25) is 0 Å². The molecule has 5 heteroatoms. The summed E-state index contributed by atoms with van der Waals surface area (Å²) in [6.45, 7) is 2.54. The summed E-state index contributed by atoms with van der Waals surface area (Å²) in [5.41, 5.74) is 0.520. The molecule has 2 N–H and O–H groups in total. The van der Waals surface area contributed by atoms with Crippen molar-refractivity contribution in [1.82, 2.24) is 0 Å². The van der Waals surface area contributed by atoms with Crippen LogP contribution in [-0.2, 0) is 14.3 Å². The number of ether oxygens (including phenoxy) is 1. The normalized spacial score (nSPS) is 50.0. The third-order valence-electron chi connectivity index (χ3n) is 9.22. The van der Waals surface area contributed by atoms with Crippen molar-refractivity contribution in [2.45, 2.75) is 70.0 Å². The summed E-state index contributed by atoms with van der Waals surface area (Å²) in [5.74, 6) is 0.135. The van der Waals surface area contributed by atoms with Crippen molar-refractivity contribution in [3.05, 3.63) is 23.3 Å². The average Bonchev–Trinajstić information content (AvgIpc) is 3.22. The van der Waals surface area contributed by atoms with E-state index in [1.165, 1.54) is 0 Å². The Morgan fingerprint density at radius 3 is 2.68 bits per heavy atom. The van der Waals surface area contributed by atoms with E-state index in [1.54, 1.807) is 6.08 Å². The minimum atomic E-state index is -0.815. The van der Waals surface area contributed by atoms with Gasteiger partial charge in [0.25, 0.3) is 0 Å². The van der Waals surface area contributed by atoms with E-state index >= 15 is 0 Å². The smallest absolute Gasteiger partial charge is 0.331 e. The minimum absolute atomic E-state index is 0.0902. The maximum absolute atomic E-state index is 12.4. The maximum Gasteiger partial charge on any atom is 0.331 e. The topological polar surface area (TPSA) is 83.8 Å². The van der Waals surface area contributed by atoms with E-state index in [1.807, 2.05) is 6.08 Å². The number of aliphatic hydroxyl groups excluding tert-OH is 1. The van der Waals surface area contributed by atoms with E-state index < -0.39 is 17.1 Å². The highest BCUT2D eigenvalue weighted by Crippen LogP contribution is 2.69. The number of aldehydes is 1. The molecule has 0 amide bonds. The second kappa shape index (κ2) is 6.02. The van der Waals surface area contributed by atoms with Gasteiger partial charge in [0, 0.05) is 11.5 Å². The number of hydrogen-bond donors (Lipinski definition) is 2. The lowest BCUT2D eigenvalue weighted by molar-refractivity contribution is -0.183. The van der Waals surface area contributed by atoms with Gasteiger partial charge in [0.2, 0.25) is 0 Å². The second-order valence-electron chi connectivity index (χ2n) is 10.0. The van der Waals surface area contributed by atoms with Gasteiger partial charge in [-0.1, -0.05) is 18.6 Å². The SMILES string of the molecule is C[C@]12CC[C@@H]3[C@H](CCC4=C[C@@H](O)CC[C@@]43C=O)[C@@]1(O)CC[C@@H]2C1=CC(=O)OC1. The fraction of sp³-hybridized carbons (Fsp3) is 0.739. The summed E-state index contributed by atoms with van der Waals surface area (Å²) in [6, 6.07) is 0. The van der Waals surface area contributed by atoms with E-state index in [0.717, 1.165) is 56.0 Å². The quantitative estimate of drug-likeness (QED) is 0.433. The van der Waals surface area contributed by atoms with Crippen LogP contribution in [0.5, 0.6) is 0 Å². The van der Waals surface area contributed by atoms with Gasteiger partial charge in [-0.15, -0.1) is 0 Å². The Hall–Kier alpha value is -1.46. The van der Waals surface area contributed by atoms with Crippen molar-refractivity contribution < 1.29 is 24.5 Å². The van der Waals surface area contributed by atoms with Crippen LogP contribution in [0.25, 0.3) is 0 Å². The van der Waals surface area contributed by atoms with Gasteiger partial charge < -0.3 is 19.7 Å². The molecule has 0 bridgehead atoms. The molecule has 0 aromatic carbocycles. The fourth-order valence-corrected chi connectivity index (χ4v) is 7.79. The number of allylic oxidation sites excluding steroid dienone is 1.